The molecule has 0 radical (unpaired) electrons. The van der Waals surface area contributed by atoms with Gasteiger partial charge in [-0.1, -0.05) is 71.9 Å². The smallest absolute Gasteiger partial charge is 0.262 e. The molecule has 3 aromatic rings. The van der Waals surface area contributed by atoms with Crippen LogP contribution in [0, 0.1) is 6.92 Å². The summed E-state index contributed by atoms with van der Waals surface area (Å²) in [6.07, 6.45) is 0.743. The van der Waals surface area contributed by atoms with Crippen LogP contribution in [-0.2, 0) is 9.59 Å². The first-order valence-corrected chi connectivity index (χ1v) is 13.1. The van der Waals surface area contributed by atoms with Crippen molar-refractivity contribution in [3.05, 3.63) is 95.6 Å². The number of nitrogens with zero attached hydrogens (tertiary/aromatic N) is 4. The first-order valence-electron chi connectivity index (χ1n) is 12.2. The van der Waals surface area contributed by atoms with E-state index in [0.717, 1.165) is 28.1 Å². The van der Waals surface area contributed by atoms with Gasteiger partial charge in [-0.2, -0.15) is 10.1 Å². The summed E-state index contributed by atoms with van der Waals surface area (Å²) in [4.78, 5) is 31.9. The number of hydrogen-bond donors (Lipinski definition) is 1. The van der Waals surface area contributed by atoms with Gasteiger partial charge in [0.1, 0.15) is 5.25 Å². The first-order chi connectivity index (χ1) is 17.9. The molecule has 3 aromatic carbocycles. The Labute approximate surface area is 221 Å². The van der Waals surface area contributed by atoms with Crippen LogP contribution >= 0.6 is 11.8 Å². The highest BCUT2D eigenvalue weighted by Crippen LogP contribution is 2.39. The molecule has 0 saturated heterocycles. The molecule has 37 heavy (non-hydrogen) atoms. The molecule has 7 nitrogen and oxygen atoms in total. The van der Waals surface area contributed by atoms with E-state index in [4.69, 9.17) is 5.10 Å². The minimum absolute atomic E-state index is 0.0513. The van der Waals surface area contributed by atoms with Crippen LogP contribution in [0.5, 0.6) is 0 Å². The Morgan fingerprint density at radius 2 is 1.73 bits per heavy atom. The number of hydrazone groups is 1. The summed E-state index contributed by atoms with van der Waals surface area (Å²) >= 11 is 1.31. The van der Waals surface area contributed by atoms with Gasteiger partial charge in [0.25, 0.3) is 5.91 Å². The van der Waals surface area contributed by atoms with Gasteiger partial charge in [0, 0.05) is 38.3 Å². The summed E-state index contributed by atoms with van der Waals surface area (Å²) in [6.45, 7) is 1.99. The Hall–Kier alpha value is -3.91. The van der Waals surface area contributed by atoms with Crippen LogP contribution in [0.3, 0.4) is 0 Å². The van der Waals surface area contributed by atoms with Crippen molar-refractivity contribution in [3.8, 4) is 0 Å². The predicted molar refractivity (Wildman–Crippen MR) is 151 cm³/mol. The molecular formula is C29H29N5O2S. The first kappa shape index (κ1) is 24.8. The number of amides is 2. The maximum atomic E-state index is 12.8. The molecule has 0 aliphatic carbocycles. The molecule has 5 rings (SSSR count). The zero-order valence-electron chi connectivity index (χ0n) is 21.1. The maximum Gasteiger partial charge on any atom is 0.262 e. The van der Waals surface area contributed by atoms with Crippen LogP contribution in [0.15, 0.2) is 89.0 Å². The zero-order chi connectivity index (χ0) is 25.9. The van der Waals surface area contributed by atoms with E-state index in [2.05, 4.69) is 39.5 Å². The van der Waals surface area contributed by atoms with Gasteiger partial charge >= 0.3 is 0 Å². The fourth-order valence-electron chi connectivity index (χ4n) is 4.37. The molecule has 2 atom stereocenters. The van der Waals surface area contributed by atoms with Gasteiger partial charge in [0.2, 0.25) is 5.91 Å². The molecule has 2 aliphatic heterocycles. The van der Waals surface area contributed by atoms with Crippen molar-refractivity contribution in [1.82, 2.24) is 5.01 Å². The average Bonchev–Trinajstić information content (AvgIpc) is 3.50. The second-order valence-corrected chi connectivity index (χ2v) is 10.6. The summed E-state index contributed by atoms with van der Waals surface area (Å²) in [5.41, 5.74) is 6.02. The van der Waals surface area contributed by atoms with Crippen LogP contribution < -0.4 is 10.2 Å². The fraction of sp³-hybridized carbons (Fsp3) is 0.241. The van der Waals surface area contributed by atoms with Crippen molar-refractivity contribution in [1.29, 1.82) is 0 Å². The number of benzene rings is 3. The third kappa shape index (κ3) is 5.59. The van der Waals surface area contributed by atoms with E-state index in [-0.39, 0.29) is 24.3 Å². The summed E-state index contributed by atoms with van der Waals surface area (Å²) in [7, 11) is 4.02. The minimum atomic E-state index is -0.576. The quantitative estimate of drug-likeness (QED) is 0.490. The molecule has 2 aliphatic rings. The van der Waals surface area contributed by atoms with Crippen LogP contribution in [0.25, 0.3) is 0 Å². The number of rotatable bonds is 6. The third-order valence-corrected chi connectivity index (χ3v) is 7.58. The van der Waals surface area contributed by atoms with Gasteiger partial charge in [-0.3, -0.25) is 9.59 Å². The van der Waals surface area contributed by atoms with Gasteiger partial charge in [0.15, 0.2) is 5.17 Å². The average molecular weight is 512 g/mol. The van der Waals surface area contributed by atoms with Gasteiger partial charge in [-0.15, -0.1) is 0 Å². The van der Waals surface area contributed by atoms with Crippen molar-refractivity contribution in [2.24, 2.45) is 10.1 Å². The second-order valence-electron chi connectivity index (χ2n) is 9.42. The highest BCUT2D eigenvalue weighted by molar-refractivity contribution is 8.15. The van der Waals surface area contributed by atoms with E-state index >= 15 is 0 Å². The van der Waals surface area contributed by atoms with E-state index in [0.29, 0.717) is 17.3 Å². The van der Waals surface area contributed by atoms with Crippen LogP contribution in [0.2, 0.25) is 0 Å². The highest BCUT2D eigenvalue weighted by Gasteiger charge is 2.39. The van der Waals surface area contributed by atoms with Crippen molar-refractivity contribution in [3.63, 3.8) is 0 Å². The van der Waals surface area contributed by atoms with E-state index in [1.54, 1.807) is 0 Å². The van der Waals surface area contributed by atoms with Crippen molar-refractivity contribution < 1.29 is 9.59 Å². The third-order valence-electron chi connectivity index (χ3n) is 6.44. The number of aliphatic imine (C=N–C) groups is 1. The summed E-state index contributed by atoms with van der Waals surface area (Å²) in [6, 6.07) is 25.9. The van der Waals surface area contributed by atoms with Gasteiger partial charge < -0.3 is 10.2 Å². The Morgan fingerprint density at radius 3 is 2.41 bits per heavy atom. The lowest BCUT2D eigenvalue weighted by atomic mass is 9.98. The molecule has 1 N–H and O–H groups in total. The van der Waals surface area contributed by atoms with Crippen molar-refractivity contribution in [2.45, 2.75) is 31.1 Å². The second kappa shape index (κ2) is 10.6. The molecule has 2 amide bonds. The topological polar surface area (TPSA) is 77.4 Å². The van der Waals surface area contributed by atoms with Gasteiger partial charge in [-0.25, -0.2) is 5.01 Å². The van der Waals surface area contributed by atoms with Crippen LogP contribution in [-0.4, -0.2) is 47.0 Å². The number of aryl methyl sites for hydroxylation is 1. The van der Waals surface area contributed by atoms with E-state index in [1.807, 2.05) is 80.6 Å². The lowest BCUT2D eigenvalue weighted by molar-refractivity contribution is -0.121. The number of amidine groups is 1. The van der Waals surface area contributed by atoms with E-state index in [1.165, 1.54) is 11.8 Å². The molecule has 8 heteroatoms. The predicted octanol–water partition coefficient (Wildman–Crippen LogP) is 5.24. The van der Waals surface area contributed by atoms with Crippen LogP contribution in [0.4, 0.5) is 11.4 Å². The monoisotopic (exact) mass is 511 g/mol. The number of thioether (sulfide) groups is 1. The lowest BCUT2D eigenvalue weighted by Gasteiger charge is -2.24. The summed E-state index contributed by atoms with van der Waals surface area (Å²) in [5, 5.41) is 9.60. The molecule has 0 spiro atoms. The summed E-state index contributed by atoms with van der Waals surface area (Å²) < 4.78 is 0. The largest absolute Gasteiger partial charge is 0.378 e. The fourth-order valence-corrected chi connectivity index (χ4v) is 5.43. The molecule has 0 aromatic heterocycles. The zero-order valence-corrected chi connectivity index (χ0v) is 21.9. The number of anilines is 2. The standard InChI is InChI=1S/C29H29N5O2S/c1-19-9-13-22(14-10-19)30-27(35)18-26-28(36)31-29(37-26)34-25(21-11-15-23(16-12-21)33(2)3)17-24(32-34)20-7-5-4-6-8-20/h4-16,25-26H,17-18H2,1-3H3,(H,30,35). The Bertz CT molecular complexity index is 1350. The maximum absolute atomic E-state index is 12.8. The van der Waals surface area contributed by atoms with Gasteiger partial charge in [-0.05, 0) is 42.3 Å². The lowest BCUT2D eigenvalue weighted by Crippen LogP contribution is -2.25. The Kier molecular flexibility index (Phi) is 7.10. The Balaban J connectivity index is 1.35. The number of nitrogens with one attached hydrogen (secondary N) is 1. The normalized spacial score (nSPS) is 19.0. The number of carbonyl (C=O) groups is 2. The molecule has 0 bridgehead atoms. The van der Waals surface area contributed by atoms with Crippen molar-refractivity contribution in [2.75, 3.05) is 24.3 Å². The van der Waals surface area contributed by atoms with Gasteiger partial charge in [0.05, 0.1) is 11.8 Å². The van der Waals surface area contributed by atoms with Crippen LogP contribution in [0.1, 0.15) is 35.6 Å². The molecule has 0 saturated carbocycles. The number of carbonyl (C=O) groups excluding carboxylic acids is 2. The molecule has 2 heterocycles. The number of hydrogen-bond acceptors (Lipinski definition) is 6. The van der Waals surface area contributed by atoms with Crippen molar-refractivity contribution >= 4 is 45.8 Å². The SMILES string of the molecule is Cc1ccc(NC(=O)CC2SC(N3N=C(c4ccccc4)CC3c3ccc(N(C)C)cc3)=NC2=O)cc1. The molecule has 0 fully saturated rings. The molecule has 188 valence electrons. The van der Waals surface area contributed by atoms with E-state index in [9.17, 15) is 9.59 Å². The highest BCUT2D eigenvalue weighted by atomic mass is 32.2. The molecular weight excluding hydrogens is 482 g/mol. The minimum Gasteiger partial charge on any atom is -0.378 e. The van der Waals surface area contributed by atoms with E-state index < -0.39 is 5.25 Å². The summed E-state index contributed by atoms with van der Waals surface area (Å²) in [5.74, 6) is -0.513. The Morgan fingerprint density at radius 1 is 1.03 bits per heavy atom. The molecule has 2 unspecified atom stereocenters.